The van der Waals surface area contributed by atoms with E-state index in [-0.39, 0.29) is 0 Å². The van der Waals surface area contributed by atoms with Crippen LogP contribution in [0.15, 0.2) is 48.8 Å². The third-order valence-electron chi connectivity index (χ3n) is 2.67. The molecule has 0 amide bonds. The molecule has 2 heterocycles. The van der Waals surface area contributed by atoms with Gasteiger partial charge in [-0.05, 0) is 30.3 Å². The minimum atomic E-state index is 0.649. The second kappa shape index (κ2) is 3.79. The molecule has 3 rings (SSSR count). The van der Waals surface area contributed by atoms with Gasteiger partial charge in [-0.3, -0.25) is 4.40 Å². The maximum atomic E-state index is 6.18. The van der Waals surface area contributed by atoms with Crippen LogP contribution >= 0.6 is 11.6 Å². The number of aromatic nitrogens is 2. The number of nitrogens with zero attached hydrogens (tertiary/aromatic N) is 2. The summed E-state index contributed by atoms with van der Waals surface area (Å²) in [5, 5.41) is 0.649. The molecule has 0 fully saturated rings. The van der Waals surface area contributed by atoms with Gasteiger partial charge in [0.1, 0.15) is 5.82 Å². The summed E-state index contributed by atoms with van der Waals surface area (Å²) in [4.78, 5) is 4.39. The van der Waals surface area contributed by atoms with Crippen LogP contribution in [-0.2, 0) is 0 Å². The highest BCUT2D eigenvalue weighted by Crippen LogP contribution is 2.29. The molecule has 0 atom stereocenters. The van der Waals surface area contributed by atoms with Crippen LogP contribution < -0.4 is 5.73 Å². The first-order valence-electron chi connectivity index (χ1n) is 5.23. The van der Waals surface area contributed by atoms with E-state index in [1.54, 1.807) is 12.1 Å². The zero-order chi connectivity index (χ0) is 11.8. The molecule has 0 aliphatic heterocycles. The number of benzene rings is 1. The molecule has 0 aliphatic carbocycles. The van der Waals surface area contributed by atoms with Gasteiger partial charge in [0.15, 0.2) is 0 Å². The van der Waals surface area contributed by atoms with Gasteiger partial charge in [-0.15, -0.1) is 0 Å². The predicted molar refractivity (Wildman–Crippen MR) is 70.1 cm³/mol. The summed E-state index contributed by atoms with van der Waals surface area (Å²) >= 11 is 6.18. The van der Waals surface area contributed by atoms with Crippen LogP contribution in [0.1, 0.15) is 0 Å². The van der Waals surface area contributed by atoms with E-state index in [0.717, 1.165) is 16.9 Å². The fourth-order valence-corrected chi connectivity index (χ4v) is 2.06. The Kier molecular flexibility index (Phi) is 2.27. The lowest BCUT2D eigenvalue weighted by atomic mass is 10.2. The molecule has 4 heteroatoms. The van der Waals surface area contributed by atoms with Crippen molar-refractivity contribution < 1.29 is 0 Å². The number of hydrogen-bond acceptors (Lipinski definition) is 2. The van der Waals surface area contributed by atoms with Crippen LogP contribution in [0.4, 0.5) is 5.69 Å². The van der Waals surface area contributed by atoms with E-state index >= 15 is 0 Å². The first-order chi connectivity index (χ1) is 8.25. The molecule has 2 aromatic heterocycles. The Hall–Kier alpha value is -2.00. The van der Waals surface area contributed by atoms with Crippen molar-refractivity contribution in [3.8, 4) is 11.4 Å². The second-order valence-corrected chi connectivity index (χ2v) is 4.22. The molecular weight excluding hydrogens is 234 g/mol. The summed E-state index contributed by atoms with van der Waals surface area (Å²) in [6.07, 6.45) is 3.77. The molecule has 0 spiro atoms. The topological polar surface area (TPSA) is 43.3 Å². The summed E-state index contributed by atoms with van der Waals surface area (Å²) in [7, 11) is 0. The molecule has 0 saturated carbocycles. The molecule has 0 unspecified atom stereocenters. The van der Waals surface area contributed by atoms with E-state index in [1.807, 2.05) is 41.1 Å². The van der Waals surface area contributed by atoms with Crippen LogP contribution in [0.25, 0.3) is 16.9 Å². The highest BCUT2D eigenvalue weighted by molar-refractivity contribution is 6.33. The van der Waals surface area contributed by atoms with Gasteiger partial charge in [0.05, 0.1) is 16.7 Å². The van der Waals surface area contributed by atoms with Gasteiger partial charge in [0.25, 0.3) is 0 Å². The van der Waals surface area contributed by atoms with Gasteiger partial charge in [0, 0.05) is 17.4 Å². The monoisotopic (exact) mass is 243 g/mol. The normalized spacial score (nSPS) is 10.9. The molecule has 1 aromatic carbocycles. The minimum absolute atomic E-state index is 0.649. The van der Waals surface area contributed by atoms with Crippen molar-refractivity contribution in [1.82, 2.24) is 9.38 Å². The quantitative estimate of drug-likeness (QED) is 0.667. The van der Waals surface area contributed by atoms with Crippen molar-refractivity contribution in [1.29, 1.82) is 0 Å². The summed E-state index contributed by atoms with van der Waals surface area (Å²) < 4.78 is 1.99. The number of fused-ring (bicyclic) bond motifs is 1. The molecule has 0 saturated heterocycles. The molecule has 3 aromatic rings. The van der Waals surface area contributed by atoms with Gasteiger partial charge < -0.3 is 5.73 Å². The molecule has 0 radical (unpaired) electrons. The van der Waals surface area contributed by atoms with E-state index in [0.29, 0.717) is 10.7 Å². The van der Waals surface area contributed by atoms with Gasteiger partial charge in [0.2, 0.25) is 0 Å². The Bertz CT molecular complexity index is 688. The third kappa shape index (κ3) is 1.65. The first-order valence-corrected chi connectivity index (χ1v) is 5.61. The van der Waals surface area contributed by atoms with Crippen molar-refractivity contribution in [3.63, 3.8) is 0 Å². The number of nitrogens with two attached hydrogens (primary N) is 1. The van der Waals surface area contributed by atoms with Crippen molar-refractivity contribution in [2.75, 3.05) is 5.73 Å². The summed E-state index contributed by atoms with van der Waals surface area (Å²) in [5.41, 5.74) is 8.33. The van der Waals surface area contributed by atoms with Crippen molar-refractivity contribution in [3.05, 3.63) is 53.8 Å². The average Bonchev–Trinajstić information content (AvgIpc) is 2.76. The SMILES string of the molecule is Nc1ccc(Cl)c(-c2ncc3ccccn23)c1. The van der Waals surface area contributed by atoms with Gasteiger partial charge >= 0.3 is 0 Å². The highest BCUT2D eigenvalue weighted by atomic mass is 35.5. The average molecular weight is 244 g/mol. The number of halogens is 1. The fourth-order valence-electron chi connectivity index (χ4n) is 1.86. The first kappa shape index (κ1) is 10.2. The molecule has 0 aliphatic rings. The van der Waals surface area contributed by atoms with Gasteiger partial charge in [-0.25, -0.2) is 4.98 Å². The van der Waals surface area contributed by atoms with Gasteiger partial charge in [-0.2, -0.15) is 0 Å². The van der Waals surface area contributed by atoms with Crippen molar-refractivity contribution in [2.45, 2.75) is 0 Å². The van der Waals surface area contributed by atoms with Crippen LogP contribution in [0.3, 0.4) is 0 Å². The van der Waals surface area contributed by atoms with E-state index in [4.69, 9.17) is 17.3 Å². The third-order valence-corrected chi connectivity index (χ3v) is 3.00. The van der Waals surface area contributed by atoms with Gasteiger partial charge in [-0.1, -0.05) is 17.7 Å². The van der Waals surface area contributed by atoms with Crippen LogP contribution in [-0.4, -0.2) is 9.38 Å². The maximum absolute atomic E-state index is 6.18. The van der Waals surface area contributed by atoms with E-state index < -0.39 is 0 Å². The fraction of sp³-hybridized carbons (Fsp3) is 0. The number of hydrogen-bond donors (Lipinski definition) is 1. The Morgan fingerprint density at radius 2 is 2.06 bits per heavy atom. The minimum Gasteiger partial charge on any atom is -0.399 e. The lowest BCUT2D eigenvalue weighted by Gasteiger charge is -2.04. The van der Waals surface area contributed by atoms with Crippen molar-refractivity contribution >= 4 is 22.8 Å². The molecule has 0 bridgehead atoms. The smallest absolute Gasteiger partial charge is 0.146 e. The van der Waals surface area contributed by atoms with Crippen LogP contribution in [0.2, 0.25) is 5.02 Å². The maximum Gasteiger partial charge on any atom is 0.146 e. The Balaban J connectivity index is 2.31. The molecule has 84 valence electrons. The van der Waals surface area contributed by atoms with E-state index in [1.165, 1.54) is 0 Å². The summed E-state index contributed by atoms with van der Waals surface area (Å²) in [5.74, 6) is 0.804. The largest absolute Gasteiger partial charge is 0.399 e. The van der Waals surface area contributed by atoms with E-state index in [2.05, 4.69) is 4.98 Å². The van der Waals surface area contributed by atoms with Crippen LogP contribution in [0.5, 0.6) is 0 Å². The second-order valence-electron chi connectivity index (χ2n) is 3.82. The zero-order valence-corrected chi connectivity index (χ0v) is 9.72. The lowest BCUT2D eigenvalue weighted by molar-refractivity contribution is 1.16. The lowest BCUT2D eigenvalue weighted by Crippen LogP contribution is -1.91. The Labute approximate surface area is 103 Å². The molecule has 17 heavy (non-hydrogen) atoms. The summed E-state index contributed by atoms with van der Waals surface area (Å²) in [6.45, 7) is 0. The standard InChI is InChI=1S/C13H10ClN3/c14-12-5-4-9(15)7-11(12)13-16-8-10-3-1-2-6-17(10)13/h1-8H,15H2. The van der Waals surface area contributed by atoms with Crippen LogP contribution in [0, 0.1) is 0 Å². The molecular formula is C13H10ClN3. The molecule has 3 nitrogen and oxygen atoms in total. The highest BCUT2D eigenvalue weighted by Gasteiger charge is 2.09. The van der Waals surface area contributed by atoms with Crippen molar-refractivity contribution in [2.24, 2.45) is 0 Å². The number of rotatable bonds is 1. The summed E-state index contributed by atoms with van der Waals surface area (Å²) in [6, 6.07) is 11.3. The Morgan fingerprint density at radius 3 is 2.94 bits per heavy atom. The number of pyridine rings is 1. The number of nitrogen functional groups attached to an aromatic ring is 1. The number of anilines is 1. The predicted octanol–water partition coefficient (Wildman–Crippen LogP) is 3.24. The zero-order valence-electron chi connectivity index (χ0n) is 8.97. The van der Waals surface area contributed by atoms with E-state index in [9.17, 15) is 0 Å². The Morgan fingerprint density at radius 1 is 1.18 bits per heavy atom. The molecule has 2 N–H and O–H groups in total. The number of imidazole rings is 1.